The Kier molecular flexibility index (Phi) is 7.64. The van der Waals surface area contributed by atoms with Gasteiger partial charge in [0.1, 0.15) is 25.7 Å². The van der Waals surface area contributed by atoms with Gasteiger partial charge in [-0.1, -0.05) is 0 Å². The van der Waals surface area contributed by atoms with Crippen LogP contribution in [0, 0.1) is 0 Å². The van der Waals surface area contributed by atoms with Gasteiger partial charge >= 0.3 is 11.9 Å². The highest BCUT2D eigenvalue weighted by Crippen LogP contribution is 2.11. The van der Waals surface area contributed by atoms with Crippen LogP contribution >= 0.6 is 0 Å². The van der Waals surface area contributed by atoms with Gasteiger partial charge in [-0.05, 0) is 0 Å². The Balaban J connectivity index is 5.00. The minimum Gasteiger partial charge on any atom is -0.481 e. The third-order valence-electron chi connectivity index (χ3n) is 2.76. The molecule has 18 heavy (non-hydrogen) atoms. The third kappa shape index (κ3) is 4.67. The zero-order chi connectivity index (χ0) is 14.2. The van der Waals surface area contributed by atoms with Crippen molar-refractivity contribution < 1.29 is 34.5 Å². The molecule has 1 atom stereocenters. The molecule has 0 aromatic carbocycles. The Morgan fingerprint density at radius 3 is 1.67 bits per heavy atom. The largest absolute Gasteiger partial charge is 0.481 e. The van der Waals surface area contributed by atoms with E-state index in [1.54, 1.807) is 0 Å². The average molecular weight is 265 g/mol. The zero-order valence-corrected chi connectivity index (χ0v) is 10.2. The molecule has 0 fully saturated rings. The molecule has 0 rings (SSSR count). The number of nitrogens with zero attached hydrogens (tertiary/aromatic N) is 1. The van der Waals surface area contributed by atoms with Crippen molar-refractivity contribution in [2.75, 3.05) is 39.5 Å². The molecule has 0 saturated carbocycles. The van der Waals surface area contributed by atoms with Gasteiger partial charge in [0.25, 0.3) is 0 Å². The van der Waals surface area contributed by atoms with Gasteiger partial charge in [-0.2, -0.15) is 0 Å². The molecule has 0 bridgehead atoms. The highest BCUT2D eigenvalue weighted by Gasteiger charge is 2.39. The Labute approximate surface area is 105 Å². The number of hydrogen-bond donors (Lipinski definition) is 5. The number of hydrogen-bond acceptors (Lipinski definition) is 6. The molecule has 106 valence electrons. The van der Waals surface area contributed by atoms with Crippen LogP contribution in [0.2, 0.25) is 0 Å². The summed E-state index contributed by atoms with van der Waals surface area (Å²) in [5.74, 6) is -1.81. The number of aliphatic hydroxyl groups is 3. The summed E-state index contributed by atoms with van der Waals surface area (Å²) >= 11 is 0. The van der Waals surface area contributed by atoms with Crippen molar-refractivity contribution >= 4 is 11.9 Å². The van der Waals surface area contributed by atoms with Gasteiger partial charge in [0, 0.05) is 0 Å². The topological polar surface area (TPSA) is 141 Å². The summed E-state index contributed by atoms with van der Waals surface area (Å²) in [5.41, 5.74) is 5.50. The maximum Gasteiger partial charge on any atom is 0.331 e. The third-order valence-corrected chi connectivity index (χ3v) is 2.76. The maximum atomic E-state index is 12.1. The number of carboxylic acid groups (broad SMARTS) is 1. The van der Waals surface area contributed by atoms with Gasteiger partial charge in [0.2, 0.25) is 0 Å². The Hall–Kier alpha value is -1.06. The number of carboxylic acids is 1. The van der Waals surface area contributed by atoms with Crippen LogP contribution in [0.5, 0.6) is 0 Å². The number of nitrogens with two attached hydrogens (primary N) is 1. The smallest absolute Gasteiger partial charge is 0.331 e. The van der Waals surface area contributed by atoms with Gasteiger partial charge in [0.15, 0.2) is 0 Å². The lowest BCUT2D eigenvalue weighted by molar-refractivity contribution is -0.856. The maximum absolute atomic E-state index is 12.1. The normalized spacial score (nSPS) is 13.3. The standard InChI is InChI=1S/C10H20N2O6/c11-8(7-9(16)17)10(18)12(1-4-13,2-5-14)3-6-15/h8,13-15H,1-7,11H2/p+1/t8-/m0/s1. The van der Waals surface area contributed by atoms with E-state index in [9.17, 15) is 9.59 Å². The van der Waals surface area contributed by atoms with Crippen LogP contribution in [-0.4, -0.2) is 82.3 Å². The molecule has 0 heterocycles. The molecule has 0 aliphatic carbocycles. The predicted octanol–water partition coefficient (Wildman–Crippen LogP) is -2.89. The lowest BCUT2D eigenvalue weighted by Crippen LogP contribution is -2.62. The molecular weight excluding hydrogens is 244 g/mol. The second-order valence-corrected chi connectivity index (χ2v) is 4.03. The summed E-state index contributed by atoms with van der Waals surface area (Å²) in [4.78, 5) is 22.6. The summed E-state index contributed by atoms with van der Waals surface area (Å²) in [6.07, 6.45) is -0.527. The first-order valence-electron chi connectivity index (χ1n) is 5.64. The van der Waals surface area contributed by atoms with Gasteiger partial charge in [-0.25, -0.2) is 4.79 Å². The van der Waals surface area contributed by atoms with E-state index in [4.69, 9.17) is 26.2 Å². The zero-order valence-electron chi connectivity index (χ0n) is 10.2. The molecule has 0 spiro atoms. The molecule has 0 aromatic rings. The Morgan fingerprint density at radius 1 is 1.00 bits per heavy atom. The Morgan fingerprint density at radius 2 is 1.39 bits per heavy atom. The molecule has 0 unspecified atom stereocenters. The van der Waals surface area contributed by atoms with E-state index in [0.29, 0.717) is 0 Å². The van der Waals surface area contributed by atoms with E-state index in [2.05, 4.69) is 0 Å². The highest BCUT2D eigenvalue weighted by molar-refractivity contribution is 5.81. The molecule has 0 aromatic heterocycles. The number of aliphatic hydroxyl groups excluding tert-OH is 3. The predicted molar refractivity (Wildman–Crippen MR) is 61.4 cm³/mol. The van der Waals surface area contributed by atoms with Gasteiger partial charge in [0.05, 0.1) is 26.2 Å². The number of quaternary nitrogens is 1. The molecule has 0 radical (unpaired) electrons. The lowest BCUT2D eigenvalue weighted by Gasteiger charge is -2.35. The van der Waals surface area contributed by atoms with Crippen LogP contribution < -0.4 is 5.73 Å². The molecule has 6 N–H and O–H groups in total. The fraction of sp³-hybridized carbons (Fsp3) is 0.800. The Bertz CT molecular complexity index is 267. The van der Waals surface area contributed by atoms with Crippen LogP contribution in [-0.2, 0) is 9.59 Å². The fourth-order valence-electron chi connectivity index (χ4n) is 1.87. The summed E-state index contributed by atoms with van der Waals surface area (Å²) in [5, 5.41) is 35.5. The molecule has 8 nitrogen and oxygen atoms in total. The summed E-state index contributed by atoms with van der Waals surface area (Å²) < 4.78 is -0.419. The van der Waals surface area contributed by atoms with Gasteiger partial charge < -0.3 is 26.2 Å². The SMILES string of the molecule is N[C@@H](CC(=O)O)C(=O)[N+](CCO)(CCO)CCO. The average Bonchev–Trinajstić information content (AvgIpc) is 2.28. The van der Waals surface area contributed by atoms with Crippen molar-refractivity contribution in [3.8, 4) is 0 Å². The number of amides is 1. The monoisotopic (exact) mass is 265 g/mol. The second-order valence-electron chi connectivity index (χ2n) is 4.03. The van der Waals surface area contributed by atoms with E-state index < -0.39 is 28.8 Å². The number of carbonyl (C=O) groups is 2. The van der Waals surface area contributed by atoms with Crippen LogP contribution in [0.3, 0.4) is 0 Å². The van der Waals surface area contributed by atoms with E-state index in [1.165, 1.54) is 0 Å². The first kappa shape index (κ1) is 16.9. The van der Waals surface area contributed by atoms with Gasteiger partial charge in [-0.15, -0.1) is 0 Å². The van der Waals surface area contributed by atoms with Crippen molar-refractivity contribution in [2.24, 2.45) is 5.73 Å². The summed E-state index contributed by atoms with van der Waals surface area (Å²) in [6.45, 7) is -1.05. The molecule has 0 aliphatic rings. The van der Waals surface area contributed by atoms with Crippen LogP contribution in [0.1, 0.15) is 6.42 Å². The van der Waals surface area contributed by atoms with Crippen molar-refractivity contribution in [1.82, 2.24) is 0 Å². The molecule has 0 saturated heterocycles. The van der Waals surface area contributed by atoms with E-state index in [-0.39, 0.29) is 39.5 Å². The van der Waals surface area contributed by atoms with Crippen LogP contribution in [0.4, 0.5) is 0 Å². The highest BCUT2D eigenvalue weighted by atomic mass is 16.4. The van der Waals surface area contributed by atoms with Crippen molar-refractivity contribution in [1.29, 1.82) is 0 Å². The van der Waals surface area contributed by atoms with Crippen molar-refractivity contribution in [3.63, 3.8) is 0 Å². The fourth-order valence-corrected chi connectivity index (χ4v) is 1.87. The van der Waals surface area contributed by atoms with Crippen molar-refractivity contribution in [3.05, 3.63) is 0 Å². The first-order valence-corrected chi connectivity index (χ1v) is 5.64. The van der Waals surface area contributed by atoms with E-state index in [1.807, 2.05) is 0 Å². The summed E-state index contributed by atoms with van der Waals surface area (Å²) in [6, 6.07) is -1.23. The minimum atomic E-state index is -1.23. The molecule has 8 heteroatoms. The molecule has 1 amide bonds. The van der Waals surface area contributed by atoms with Gasteiger partial charge in [-0.3, -0.25) is 9.28 Å². The van der Waals surface area contributed by atoms with Crippen LogP contribution in [0.25, 0.3) is 0 Å². The van der Waals surface area contributed by atoms with E-state index >= 15 is 0 Å². The second kappa shape index (κ2) is 8.11. The molecule has 0 aliphatic heterocycles. The number of aliphatic carboxylic acids is 1. The number of rotatable bonds is 9. The van der Waals surface area contributed by atoms with Crippen molar-refractivity contribution in [2.45, 2.75) is 12.5 Å². The molecular formula is C10H21N2O6+. The first-order chi connectivity index (χ1) is 8.43. The van der Waals surface area contributed by atoms with Crippen LogP contribution in [0.15, 0.2) is 0 Å². The minimum absolute atomic E-state index is 0.0206. The lowest BCUT2D eigenvalue weighted by atomic mass is 10.1. The van der Waals surface area contributed by atoms with E-state index in [0.717, 1.165) is 0 Å². The quantitative estimate of drug-likeness (QED) is 0.282. The summed E-state index contributed by atoms with van der Waals surface area (Å²) in [7, 11) is 0. The number of carbonyl (C=O) groups excluding carboxylic acids is 1.